The van der Waals surface area contributed by atoms with Gasteiger partial charge in [-0.2, -0.15) is 0 Å². The van der Waals surface area contributed by atoms with Crippen LogP contribution in [0, 0.1) is 16.0 Å². The van der Waals surface area contributed by atoms with Gasteiger partial charge in [-0.1, -0.05) is 12.1 Å². The highest BCUT2D eigenvalue weighted by Gasteiger charge is 2.14. The molecule has 0 saturated carbocycles. The van der Waals surface area contributed by atoms with Crippen molar-refractivity contribution in [2.75, 3.05) is 19.6 Å². The zero-order chi connectivity index (χ0) is 14.4. The van der Waals surface area contributed by atoms with E-state index in [1.807, 2.05) is 0 Å². The molecule has 0 bridgehead atoms. The molecule has 1 saturated heterocycles. The van der Waals surface area contributed by atoms with Gasteiger partial charge in [0.25, 0.3) is 5.69 Å². The molecule has 1 aliphatic heterocycles. The fourth-order valence-electron chi connectivity index (χ4n) is 2.34. The molecule has 1 aliphatic rings. The number of nitro groups is 1. The molecular weight excluding hydrogens is 294 g/mol. The van der Waals surface area contributed by atoms with E-state index in [9.17, 15) is 14.9 Å². The molecule has 1 heterocycles. The predicted molar refractivity (Wildman–Crippen MR) is 82.7 cm³/mol. The molecule has 0 radical (unpaired) electrons. The minimum absolute atomic E-state index is 0. The molecule has 2 N–H and O–H groups in total. The highest BCUT2D eigenvalue weighted by atomic mass is 35.5. The minimum atomic E-state index is -0.445. The number of rotatable bonds is 5. The topological polar surface area (TPSA) is 84.3 Å². The van der Waals surface area contributed by atoms with Crippen LogP contribution >= 0.6 is 12.4 Å². The fraction of sp³-hybridized carbons (Fsp3) is 0.500. The number of nitrogens with zero attached hydrogens (tertiary/aromatic N) is 1. The highest BCUT2D eigenvalue weighted by molar-refractivity contribution is 5.85. The fourth-order valence-corrected chi connectivity index (χ4v) is 2.34. The van der Waals surface area contributed by atoms with Gasteiger partial charge in [0.15, 0.2) is 0 Å². The standard InChI is InChI=1S/C14H19N3O3.ClH/c18-14(16-10-12-2-1-7-15-9-12)8-11-3-5-13(6-4-11)17(19)20;/h3-6,12,15H,1-2,7-10H2,(H,16,18);1H. The van der Waals surface area contributed by atoms with Crippen molar-refractivity contribution in [2.45, 2.75) is 19.3 Å². The SMILES string of the molecule is Cl.O=C(Cc1ccc([N+](=O)[O-])cc1)NCC1CCCNC1. The smallest absolute Gasteiger partial charge is 0.269 e. The number of amides is 1. The monoisotopic (exact) mass is 313 g/mol. The Labute approximate surface area is 129 Å². The van der Waals surface area contributed by atoms with Crippen LogP contribution in [-0.2, 0) is 11.2 Å². The number of piperidine rings is 1. The summed E-state index contributed by atoms with van der Waals surface area (Å²) in [4.78, 5) is 21.9. The third-order valence-electron chi connectivity index (χ3n) is 3.50. The van der Waals surface area contributed by atoms with Gasteiger partial charge in [-0.05, 0) is 37.4 Å². The minimum Gasteiger partial charge on any atom is -0.355 e. The van der Waals surface area contributed by atoms with E-state index in [0.29, 0.717) is 12.5 Å². The van der Waals surface area contributed by atoms with Crippen LogP contribution in [0.4, 0.5) is 5.69 Å². The number of hydrogen-bond acceptors (Lipinski definition) is 4. The molecule has 1 atom stereocenters. The molecule has 1 aromatic rings. The molecule has 6 nitrogen and oxygen atoms in total. The van der Waals surface area contributed by atoms with E-state index >= 15 is 0 Å². The Bertz CT molecular complexity index is 473. The number of halogens is 1. The number of benzene rings is 1. The summed E-state index contributed by atoms with van der Waals surface area (Å²) >= 11 is 0. The number of carbonyl (C=O) groups is 1. The Morgan fingerprint density at radius 1 is 1.38 bits per heavy atom. The molecule has 1 unspecified atom stereocenters. The Balaban J connectivity index is 0.00000220. The van der Waals surface area contributed by atoms with Gasteiger partial charge in [0, 0.05) is 18.7 Å². The molecule has 1 aromatic carbocycles. The average molecular weight is 314 g/mol. The number of nitrogens with one attached hydrogen (secondary N) is 2. The van der Waals surface area contributed by atoms with Gasteiger partial charge in [-0.3, -0.25) is 14.9 Å². The van der Waals surface area contributed by atoms with Crippen LogP contribution in [0.15, 0.2) is 24.3 Å². The summed E-state index contributed by atoms with van der Waals surface area (Å²) in [7, 11) is 0. The summed E-state index contributed by atoms with van der Waals surface area (Å²) in [5.74, 6) is 0.467. The lowest BCUT2D eigenvalue weighted by atomic mass is 9.99. The molecule has 116 valence electrons. The van der Waals surface area contributed by atoms with Gasteiger partial charge >= 0.3 is 0 Å². The van der Waals surface area contributed by atoms with Crippen molar-refractivity contribution in [3.05, 3.63) is 39.9 Å². The van der Waals surface area contributed by atoms with Gasteiger partial charge in [0.2, 0.25) is 5.91 Å². The van der Waals surface area contributed by atoms with E-state index in [-0.39, 0.29) is 30.4 Å². The highest BCUT2D eigenvalue weighted by Crippen LogP contribution is 2.12. The normalized spacial score (nSPS) is 17.6. The van der Waals surface area contributed by atoms with Gasteiger partial charge < -0.3 is 10.6 Å². The second kappa shape index (κ2) is 8.59. The Morgan fingerprint density at radius 3 is 2.67 bits per heavy atom. The Morgan fingerprint density at radius 2 is 2.10 bits per heavy atom. The van der Waals surface area contributed by atoms with Crippen molar-refractivity contribution in [1.29, 1.82) is 0 Å². The van der Waals surface area contributed by atoms with Gasteiger partial charge in [-0.25, -0.2) is 0 Å². The third-order valence-corrected chi connectivity index (χ3v) is 3.50. The number of nitro benzene ring substituents is 1. The molecule has 1 amide bonds. The zero-order valence-electron chi connectivity index (χ0n) is 11.7. The van der Waals surface area contributed by atoms with Crippen LogP contribution in [-0.4, -0.2) is 30.5 Å². The summed E-state index contributed by atoms with van der Waals surface area (Å²) in [6, 6.07) is 6.10. The maximum absolute atomic E-state index is 11.8. The van der Waals surface area contributed by atoms with Crippen molar-refractivity contribution >= 4 is 24.0 Å². The molecular formula is C14H20ClN3O3. The Kier molecular flexibility index (Phi) is 7.11. The summed E-state index contributed by atoms with van der Waals surface area (Å²) in [5.41, 5.74) is 0.831. The van der Waals surface area contributed by atoms with E-state index < -0.39 is 4.92 Å². The number of hydrogen-bond donors (Lipinski definition) is 2. The first-order chi connectivity index (χ1) is 9.65. The van der Waals surface area contributed by atoms with Crippen LogP contribution < -0.4 is 10.6 Å². The molecule has 1 fully saturated rings. The molecule has 21 heavy (non-hydrogen) atoms. The quantitative estimate of drug-likeness (QED) is 0.640. The lowest BCUT2D eigenvalue weighted by Crippen LogP contribution is -2.38. The summed E-state index contributed by atoms with van der Waals surface area (Å²) < 4.78 is 0. The lowest BCUT2D eigenvalue weighted by Gasteiger charge is -2.22. The molecule has 2 rings (SSSR count). The van der Waals surface area contributed by atoms with Crippen molar-refractivity contribution in [1.82, 2.24) is 10.6 Å². The lowest BCUT2D eigenvalue weighted by molar-refractivity contribution is -0.384. The molecule has 7 heteroatoms. The zero-order valence-corrected chi connectivity index (χ0v) is 12.5. The maximum Gasteiger partial charge on any atom is 0.269 e. The van der Waals surface area contributed by atoms with Crippen LogP contribution in [0.3, 0.4) is 0 Å². The molecule has 0 aliphatic carbocycles. The van der Waals surface area contributed by atoms with Crippen LogP contribution in [0.1, 0.15) is 18.4 Å². The van der Waals surface area contributed by atoms with Crippen LogP contribution in [0.25, 0.3) is 0 Å². The van der Waals surface area contributed by atoms with Crippen molar-refractivity contribution < 1.29 is 9.72 Å². The predicted octanol–water partition coefficient (Wildman–Crippen LogP) is 1.67. The molecule has 0 spiro atoms. The van der Waals surface area contributed by atoms with Crippen molar-refractivity contribution in [2.24, 2.45) is 5.92 Å². The van der Waals surface area contributed by atoms with Crippen LogP contribution in [0.2, 0.25) is 0 Å². The van der Waals surface area contributed by atoms with E-state index in [4.69, 9.17) is 0 Å². The van der Waals surface area contributed by atoms with Gasteiger partial charge in [-0.15, -0.1) is 12.4 Å². The van der Waals surface area contributed by atoms with Crippen molar-refractivity contribution in [3.63, 3.8) is 0 Å². The van der Waals surface area contributed by atoms with Crippen molar-refractivity contribution in [3.8, 4) is 0 Å². The second-order valence-corrected chi connectivity index (χ2v) is 5.12. The van der Waals surface area contributed by atoms with Gasteiger partial charge in [0.05, 0.1) is 11.3 Å². The van der Waals surface area contributed by atoms with Gasteiger partial charge in [0.1, 0.15) is 0 Å². The van der Waals surface area contributed by atoms with E-state index in [1.54, 1.807) is 12.1 Å². The number of non-ortho nitro benzene ring substituents is 1. The van der Waals surface area contributed by atoms with E-state index in [1.165, 1.54) is 12.1 Å². The third kappa shape index (κ3) is 5.69. The van der Waals surface area contributed by atoms with E-state index in [0.717, 1.165) is 31.5 Å². The average Bonchev–Trinajstić information content (AvgIpc) is 2.47. The first kappa shape index (κ1) is 17.4. The summed E-state index contributed by atoms with van der Waals surface area (Å²) in [5, 5.41) is 16.8. The first-order valence-electron chi connectivity index (χ1n) is 6.86. The summed E-state index contributed by atoms with van der Waals surface area (Å²) in [6.45, 7) is 2.71. The first-order valence-corrected chi connectivity index (χ1v) is 6.86. The van der Waals surface area contributed by atoms with Crippen LogP contribution in [0.5, 0.6) is 0 Å². The van der Waals surface area contributed by atoms with E-state index in [2.05, 4.69) is 10.6 Å². The Hall–Kier alpha value is -1.66. The maximum atomic E-state index is 11.8. The number of carbonyl (C=O) groups excluding carboxylic acids is 1. The molecule has 0 aromatic heterocycles. The largest absolute Gasteiger partial charge is 0.355 e. The second-order valence-electron chi connectivity index (χ2n) is 5.12. The summed E-state index contributed by atoms with van der Waals surface area (Å²) in [6.07, 6.45) is 2.56.